The van der Waals surface area contributed by atoms with Crippen molar-refractivity contribution in [3.8, 4) is 5.75 Å². The van der Waals surface area contributed by atoms with Crippen LogP contribution in [-0.4, -0.2) is 66.3 Å². The van der Waals surface area contributed by atoms with Crippen LogP contribution in [0.4, 0.5) is 17.2 Å². The number of carbonyl (C=O) groups is 1. The number of anilines is 3. The van der Waals surface area contributed by atoms with Crippen LogP contribution in [0.25, 0.3) is 10.9 Å². The van der Waals surface area contributed by atoms with Gasteiger partial charge in [-0.2, -0.15) is 0 Å². The van der Waals surface area contributed by atoms with Gasteiger partial charge >= 0.3 is 0 Å². The number of nitrogens with zero attached hydrogens (tertiary/aromatic N) is 4. The van der Waals surface area contributed by atoms with E-state index in [1.54, 1.807) is 12.4 Å². The Morgan fingerprint density at radius 3 is 2.92 bits per heavy atom. The maximum absolute atomic E-state index is 12.9. The molecule has 37 heavy (non-hydrogen) atoms. The quantitative estimate of drug-likeness (QED) is 0.425. The van der Waals surface area contributed by atoms with Gasteiger partial charge in [0.15, 0.2) is 0 Å². The van der Waals surface area contributed by atoms with Gasteiger partial charge in [-0.15, -0.1) is 0 Å². The lowest BCUT2D eigenvalue weighted by molar-refractivity contribution is -0.111. The summed E-state index contributed by atoms with van der Waals surface area (Å²) < 4.78 is 11.8. The zero-order valence-electron chi connectivity index (χ0n) is 21.7. The summed E-state index contributed by atoms with van der Waals surface area (Å²) in [5, 5.41) is 3.92. The second-order valence-electron chi connectivity index (χ2n) is 9.43. The monoisotopic (exact) mass is 501 g/mol. The molecule has 0 unspecified atom stereocenters. The smallest absolute Gasteiger partial charge is 0.248 e. The van der Waals surface area contributed by atoms with Gasteiger partial charge in [0.1, 0.15) is 24.0 Å². The average molecular weight is 502 g/mol. The average Bonchev–Trinajstić information content (AvgIpc) is 3.44. The molecule has 1 saturated heterocycles. The van der Waals surface area contributed by atoms with Crippen molar-refractivity contribution in [2.75, 3.05) is 49.6 Å². The molecule has 1 aromatic heterocycles. The molecule has 2 aliphatic rings. The second kappa shape index (κ2) is 11.7. The van der Waals surface area contributed by atoms with E-state index in [1.165, 1.54) is 11.3 Å². The lowest BCUT2D eigenvalue weighted by Crippen LogP contribution is -2.25. The SMILES string of the molecule is CCN(CC)C/C=C/C(=O)Nc1cc2c(N3CCCc4ccccc43)ncnc2cc1O[C@@H]1CCOC1. The van der Waals surface area contributed by atoms with Crippen LogP contribution in [0.2, 0.25) is 0 Å². The lowest BCUT2D eigenvalue weighted by atomic mass is 10.0. The maximum Gasteiger partial charge on any atom is 0.248 e. The van der Waals surface area contributed by atoms with Gasteiger partial charge in [-0.1, -0.05) is 38.1 Å². The Balaban J connectivity index is 1.50. The van der Waals surface area contributed by atoms with Crippen molar-refractivity contribution < 1.29 is 14.3 Å². The minimum Gasteiger partial charge on any atom is -0.486 e. The number of aromatic nitrogens is 2. The number of rotatable bonds is 9. The molecule has 0 bridgehead atoms. The van der Waals surface area contributed by atoms with E-state index in [4.69, 9.17) is 14.5 Å². The van der Waals surface area contributed by atoms with Crippen molar-refractivity contribution in [2.24, 2.45) is 0 Å². The molecule has 0 saturated carbocycles. The summed E-state index contributed by atoms with van der Waals surface area (Å²) in [6.45, 7) is 8.92. The first-order chi connectivity index (χ1) is 18.2. The normalized spacial score (nSPS) is 17.5. The van der Waals surface area contributed by atoms with Gasteiger partial charge in [-0.3, -0.25) is 4.79 Å². The fourth-order valence-corrected chi connectivity index (χ4v) is 4.98. The Morgan fingerprint density at radius 1 is 1.24 bits per heavy atom. The fourth-order valence-electron chi connectivity index (χ4n) is 4.98. The third kappa shape index (κ3) is 5.76. The van der Waals surface area contributed by atoms with Crippen LogP contribution in [0.3, 0.4) is 0 Å². The molecule has 1 N–H and O–H groups in total. The van der Waals surface area contributed by atoms with Crippen molar-refractivity contribution >= 4 is 34.0 Å². The zero-order chi connectivity index (χ0) is 25.6. The number of carbonyl (C=O) groups excluding carboxylic acids is 1. The minimum atomic E-state index is -0.194. The molecular formula is C29H35N5O3. The van der Waals surface area contributed by atoms with Crippen molar-refractivity contribution in [1.82, 2.24) is 14.9 Å². The molecule has 8 nitrogen and oxygen atoms in total. The highest BCUT2D eigenvalue weighted by molar-refractivity contribution is 6.03. The predicted octanol–water partition coefficient (Wildman–Crippen LogP) is 4.72. The van der Waals surface area contributed by atoms with Crippen LogP contribution in [0.15, 0.2) is 54.9 Å². The molecule has 1 atom stereocenters. The van der Waals surface area contributed by atoms with E-state index in [9.17, 15) is 4.79 Å². The number of likely N-dealkylation sites (N-methyl/N-ethyl adjacent to an activating group) is 1. The van der Waals surface area contributed by atoms with Gasteiger partial charge in [0.25, 0.3) is 0 Å². The molecule has 5 rings (SSSR count). The van der Waals surface area contributed by atoms with Crippen molar-refractivity contribution in [3.05, 3.63) is 60.4 Å². The van der Waals surface area contributed by atoms with Crippen LogP contribution in [0, 0.1) is 0 Å². The third-order valence-corrected chi connectivity index (χ3v) is 7.05. The molecule has 0 radical (unpaired) electrons. The van der Waals surface area contributed by atoms with E-state index in [-0.39, 0.29) is 12.0 Å². The molecular weight excluding hydrogens is 466 g/mol. The van der Waals surface area contributed by atoms with Crippen LogP contribution in [-0.2, 0) is 16.0 Å². The predicted molar refractivity (Wildman–Crippen MR) is 147 cm³/mol. The molecule has 8 heteroatoms. The molecule has 0 aliphatic carbocycles. The zero-order valence-corrected chi connectivity index (χ0v) is 21.7. The van der Waals surface area contributed by atoms with E-state index in [2.05, 4.69) is 58.2 Å². The summed E-state index contributed by atoms with van der Waals surface area (Å²) in [6, 6.07) is 12.3. The molecule has 1 fully saturated rings. The second-order valence-corrected chi connectivity index (χ2v) is 9.43. The van der Waals surface area contributed by atoms with E-state index >= 15 is 0 Å². The van der Waals surface area contributed by atoms with Gasteiger partial charge in [0.2, 0.25) is 5.91 Å². The van der Waals surface area contributed by atoms with E-state index in [0.717, 1.165) is 62.2 Å². The Hall–Kier alpha value is -3.49. The highest BCUT2D eigenvalue weighted by Gasteiger charge is 2.24. The van der Waals surface area contributed by atoms with Gasteiger partial charge in [-0.25, -0.2) is 9.97 Å². The number of aryl methyl sites for hydroxylation is 1. The number of para-hydroxylation sites is 1. The molecule has 0 spiro atoms. The molecule has 3 aromatic rings. The van der Waals surface area contributed by atoms with E-state index in [0.29, 0.717) is 24.7 Å². The number of hydrogen-bond acceptors (Lipinski definition) is 7. The van der Waals surface area contributed by atoms with Crippen LogP contribution < -0.4 is 15.0 Å². The Kier molecular flexibility index (Phi) is 7.96. The summed E-state index contributed by atoms with van der Waals surface area (Å²) >= 11 is 0. The first-order valence-electron chi connectivity index (χ1n) is 13.2. The Bertz CT molecular complexity index is 1270. The summed E-state index contributed by atoms with van der Waals surface area (Å²) in [5.41, 5.74) is 3.87. The van der Waals surface area contributed by atoms with Gasteiger partial charge in [0, 0.05) is 42.7 Å². The fraction of sp³-hybridized carbons (Fsp3) is 0.414. The molecule has 2 aromatic carbocycles. The number of hydrogen-bond donors (Lipinski definition) is 1. The first-order valence-corrected chi connectivity index (χ1v) is 13.2. The van der Waals surface area contributed by atoms with Crippen molar-refractivity contribution in [2.45, 2.75) is 39.2 Å². The summed E-state index contributed by atoms with van der Waals surface area (Å²) in [7, 11) is 0. The van der Waals surface area contributed by atoms with Gasteiger partial charge in [-0.05, 0) is 43.6 Å². The topological polar surface area (TPSA) is 79.8 Å². The van der Waals surface area contributed by atoms with E-state index in [1.807, 2.05) is 18.2 Å². The van der Waals surface area contributed by atoms with E-state index < -0.39 is 0 Å². The summed E-state index contributed by atoms with van der Waals surface area (Å²) in [4.78, 5) is 26.7. The largest absolute Gasteiger partial charge is 0.486 e. The van der Waals surface area contributed by atoms with Crippen LogP contribution >= 0.6 is 0 Å². The van der Waals surface area contributed by atoms with Gasteiger partial charge in [0.05, 0.1) is 24.4 Å². The molecule has 3 heterocycles. The molecule has 2 aliphatic heterocycles. The van der Waals surface area contributed by atoms with Gasteiger partial charge < -0.3 is 24.6 Å². The Morgan fingerprint density at radius 2 is 2.11 bits per heavy atom. The minimum absolute atomic E-state index is 0.0541. The van der Waals surface area contributed by atoms with Crippen LogP contribution in [0.5, 0.6) is 5.75 Å². The summed E-state index contributed by atoms with van der Waals surface area (Å²) in [6.07, 6.45) is 7.95. The number of nitrogens with one attached hydrogen (secondary N) is 1. The number of fused-ring (bicyclic) bond motifs is 2. The summed E-state index contributed by atoms with van der Waals surface area (Å²) in [5.74, 6) is 1.23. The number of amides is 1. The Labute approximate surface area is 218 Å². The molecule has 1 amide bonds. The molecule has 194 valence electrons. The van der Waals surface area contributed by atoms with Crippen molar-refractivity contribution in [1.29, 1.82) is 0 Å². The number of benzene rings is 2. The highest BCUT2D eigenvalue weighted by atomic mass is 16.5. The highest BCUT2D eigenvalue weighted by Crippen LogP contribution is 2.39. The van der Waals surface area contributed by atoms with Crippen LogP contribution in [0.1, 0.15) is 32.3 Å². The maximum atomic E-state index is 12.9. The first kappa shape index (κ1) is 25.2. The lowest BCUT2D eigenvalue weighted by Gasteiger charge is -2.31. The number of ether oxygens (including phenoxy) is 2. The van der Waals surface area contributed by atoms with Crippen molar-refractivity contribution in [3.63, 3.8) is 0 Å². The standard InChI is InChI=1S/C29H35N5O3/c1-3-33(4-2)14-8-12-28(35)32-25-17-23-24(18-27(25)37-22-13-16-36-19-22)30-20-31-29(23)34-15-7-10-21-9-5-6-11-26(21)34/h5-6,8-9,11-12,17-18,20,22H,3-4,7,10,13-16,19H2,1-2H3,(H,32,35)/b12-8+/t22-/m1/s1. The third-order valence-electron chi connectivity index (χ3n) is 7.05.